The molecule has 0 saturated carbocycles. The summed E-state index contributed by atoms with van der Waals surface area (Å²) in [6.07, 6.45) is 2.95. The Labute approximate surface area is 118 Å². The van der Waals surface area contributed by atoms with E-state index < -0.39 is 15.9 Å². The van der Waals surface area contributed by atoms with Crippen molar-refractivity contribution in [1.82, 2.24) is 4.90 Å². The molecule has 0 atom stereocenters. The van der Waals surface area contributed by atoms with Crippen molar-refractivity contribution in [2.75, 3.05) is 25.2 Å². The van der Waals surface area contributed by atoms with Crippen LogP contribution in [0.5, 0.6) is 0 Å². The van der Waals surface area contributed by atoms with Gasteiger partial charge in [0.05, 0.1) is 4.90 Å². The number of nitrogens with one attached hydrogen (secondary N) is 1. The van der Waals surface area contributed by atoms with Crippen molar-refractivity contribution in [3.05, 3.63) is 24.3 Å². The fourth-order valence-electron chi connectivity index (χ4n) is 1.99. The van der Waals surface area contributed by atoms with E-state index in [1.54, 1.807) is 12.1 Å². The summed E-state index contributed by atoms with van der Waals surface area (Å²) in [5.41, 5.74) is 0.521. The Balaban J connectivity index is 2.05. The summed E-state index contributed by atoms with van der Waals surface area (Å²) in [5, 5.41) is 2.62. The van der Waals surface area contributed by atoms with Crippen LogP contribution in [-0.2, 0) is 9.84 Å². The highest BCUT2D eigenvalue weighted by Gasteiger charge is 2.15. The third-order valence-electron chi connectivity index (χ3n) is 3.10. The molecule has 1 fully saturated rings. The number of nitrogens with zero attached hydrogens (tertiary/aromatic N) is 2. The average molecular weight is 295 g/mol. The zero-order chi connectivity index (χ0) is 14.8. The second kappa shape index (κ2) is 5.62. The highest BCUT2D eigenvalue weighted by atomic mass is 32.2. The Morgan fingerprint density at radius 3 is 2.45 bits per heavy atom. The van der Waals surface area contributed by atoms with Gasteiger partial charge in [-0.15, -0.1) is 0 Å². The third kappa shape index (κ3) is 3.57. The molecule has 1 heterocycles. The first-order valence-corrected chi connectivity index (χ1v) is 8.15. The zero-order valence-electron chi connectivity index (χ0n) is 11.5. The van der Waals surface area contributed by atoms with E-state index >= 15 is 0 Å². The topological polar surface area (TPSA) is 78.8 Å². The summed E-state index contributed by atoms with van der Waals surface area (Å²) in [5.74, 6) is 0.773. The van der Waals surface area contributed by atoms with E-state index in [4.69, 9.17) is 0 Å². The van der Waals surface area contributed by atoms with E-state index in [1.807, 2.05) is 11.9 Å². The fourth-order valence-corrected chi connectivity index (χ4v) is 2.62. The van der Waals surface area contributed by atoms with Crippen molar-refractivity contribution in [3.63, 3.8) is 0 Å². The first kappa shape index (κ1) is 14.5. The van der Waals surface area contributed by atoms with Crippen molar-refractivity contribution in [2.24, 2.45) is 4.99 Å². The maximum Gasteiger partial charge on any atom is 0.347 e. The van der Waals surface area contributed by atoms with Crippen molar-refractivity contribution >= 4 is 27.4 Å². The van der Waals surface area contributed by atoms with E-state index in [0.717, 1.165) is 31.5 Å². The minimum atomic E-state index is -3.22. The van der Waals surface area contributed by atoms with E-state index in [0.29, 0.717) is 5.69 Å². The largest absolute Gasteiger partial charge is 0.363 e. The van der Waals surface area contributed by atoms with E-state index in [2.05, 4.69) is 10.3 Å². The number of sulfone groups is 1. The average Bonchev–Trinajstić information content (AvgIpc) is 2.74. The lowest BCUT2D eigenvalue weighted by Gasteiger charge is -2.10. The molecule has 7 heteroatoms. The van der Waals surface area contributed by atoms with Crippen LogP contribution in [0.15, 0.2) is 34.2 Å². The van der Waals surface area contributed by atoms with E-state index in [9.17, 15) is 13.2 Å². The molecule has 6 nitrogen and oxygen atoms in total. The van der Waals surface area contributed by atoms with Gasteiger partial charge in [-0.25, -0.2) is 13.2 Å². The maximum atomic E-state index is 11.8. The number of benzene rings is 1. The summed E-state index contributed by atoms with van der Waals surface area (Å²) in [4.78, 5) is 17.9. The van der Waals surface area contributed by atoms with Crippen LogP contribution in [0.25, 0.3) is 0 Å². The Kier molecular flexibility index (Phi) is 4.08. The standard InChI is InChI=1S/C13H17N3O3S/c1-16-9-3-4-12(16)15-13(17)14-10-5-7-11(8-6-10)20(2,18)19/h5-8H,3-4,9H2,1-2H3,(H,14,17). The molecule has 0 unspecified atom stereocenters. The van der Waals surface area contributed by atoms with Crippen LogP contribution in [0.3, 0.4) is 0 Å². The number of carbonyl (C=O) groups excluding carboxylic acids is 1. The van der Waals surface area contributed by atoms with Crippen LogP contribution >= 0.6 is 0 Å². The molecule has 1 N–H and O–H groups in total. The van der Waals surface area contributed by atoms with Gasteiger partial charge in [0, 0.05) is 32.0 Å². The Hall–Kier alpha value is -1.89. The summed E-state index contributed by atoms with van der Waals surface area (Å²) >= 11 is 0. The second-order valence-electron chi connectivity index (χ2n) is 4.78. The molecule has 2 amide bonds. The molecule has 0 bridgehead atoms. The minimum absolute atomic E-state index is 0.220. The number of rotatable bonds is 2. The van der Waals surface area contributed by atoms with Gasteiger partial charge in [0.1, 0.15) is 5.84 Å². The highest BCUT2D eigenvalue weighted by molar-refractivity contribution is 7.90. The Morgan fingerprint density at radius 1 is 1.30 bits per heavy atom. The maximum absolute atomic E-state index is 11.8. The molecule has 1 aromatic rings. The van der Waals surface area contributed by atoms with Crippen molar-refractivity contribution in [3.8, 4) is 0 Å². The van der Waals surface area contributed by atoms with Crippen molar-refractivity contribution in [2.45, 2.75) is 17.7 Å². The number of urea groups is 1. The second-order valence-corrected chi connectivity index (χ2v) is 6.80. The van der Waals surface area contributed by atoms with Crippen LogP contribution < -0.4 is 5.32 Å². The molecule has 0 radical (unpaired) electrons. The summed E-state index contributed by atoms with van der Waals surface area (Å²) in [6.45, 7) is 0.912. The number of amides is 2. The molecule has 1 aliphatic heterocycles. The van der Waals surface area contributed by atoms with Crippen LogP contribution in [0.1, 0.15) is 12.8 Å². The number of likely N-dealkylation sites (tertiary alicyclic amines) is 1. The lowest BCUT2D eigenvalue weighted by atomic mass is 10.3. The molecular weight excluding hydrogens is 278 g/mol. The molecule has 0 aliphatic carbocycles. The molecule has 0 spiro atoms. The predicted octanol–water partition coefficient (Wildman–Crippen LogP) is 1.75. The predicted molar refractivity (Wildman–Crippen MR) is 77.9 cm³/mol. The Morgan fingerprint density at radius 2 is 1.95 bits per heavy atom. The Bertz CT molecular complexity index is 635. The van der Waals surface area contributed by atoms with Gasteiger partial charge >= 0.3 is 6.03 Å². The molecule has 0 aromatic heterocycles. The summed E-state index contributed by atoms with van der Waals surface area (Å²) in [6, 6.07) is 5.57. The number of hydrogen-bond acceptors (Lipinski definition) is 3. The smallest absolute Gasteiger partial charge is 0.347 e. The van der Waals surface area contributed by atoms with Crippen LogP contribution in [0, 0.1) is 0 Å². The third-order valence-corrected chi connectivity index (χ3v) is 4.23. The van der Waals surface area contributed by atoms with Gasteiger partial charge < -0.3 is 10.2 Å². The van der Waals surface area contributed by atoms with Gasteiger partial charge in [-0.1, -0.05) is 0 Å². The number of carbonyl (C=O) groups is 1. The van der Waals surface area contributed by atoms with Crippen LogP contribution in [0.4, 0.5) is 10.5 Å². The van der Waals surface area contributed by atoms with E-state index in [1.165, 1.54) is 12.1 Å². The van der Waals surface area contributed by atoms with Gasteiger partial charge in [0.25, 0.3) is 0 Å². The highest BCUT2D eigenvalue weighted by Crippen LogP contribution is 2.14. The van der Waals surface area contributed by atoms with Crippen LogP contribution in [0.2, 0.25) is 0 Å². The SMILES string of the molecule is CN1CCCC1=NC(=O)Nc1ccc(S(C)(=O)=O)cc1. The molecule has 108 valence electrons. The molecule has 20 heavy (non-hydrogen) atoms. The van der Waals surface area contributed by atoms with Gasteiger partial charge in [-0.05, 0) is 30.7 Å². The summed E-state index contributed by atoms with van der Waals surface area (Å²) in [7, 11) is -1.32. The number of anilines is 1. The summed E-state index contributed by atoms with van der Waals surface area (Å²) < 4.78 is 22.6. The lowest BCUT2D eigenvalue weighted by Crippen LogP contribution is -2.21. The minimum Gasteiger partial charge on any atom is -0.363 e. The first-order chi connectivity index (χ1) is 9.36. The van der Waals surface area contributed by atoms with Gasteiger partial charge in [0.2, 0.25) is 0 Å². The molecule has 1 aromatic carbocycles. The van der Waals surface area contributed by atoms with Gasteiger partial charge in [-0.2, -0.15) is 4.99 Å². The van der Waals surface area contributed by atoms with Crippen molar-refractivity contribution < 1.29 is 13.2 Å². The van der Waals surface area contributed by atoms with Crippen molar-refractivity contribution in [1.29, 1.82) is 0 Å². The molecule has 1 aliphatic rings. The van der Waals surface area contributed by atoms with Gasteiger partial charge in [-0.3, -0.25) is 0 Å². The quantitative estimate of drug-likeness (QED) is 0.901. The van der Waals surface area contributed by atoms with Crippen LogP contribution in [-0.4, -0.2) is 45.0 Å². The lowest BCUT2D eigenvalue weighted by molar-refractivity contribution is 0.259. The molecular formula is C13H17N3O3S. The number of amidine groups is 1. The normalized spacial score (nSPS) is 17.5. The number of aliphatic imine (C=N–C) groups is 1. The molecule has 2 rings (SSSR count). The van der Waals surface area contributed by atoms with Gasteiger partial charge in [0.15, 0.2) is 9.84 Å². The monoisotopic (exact) mass is 295 g/mol. The molecule has 1 saturated heterocycles. The van der Waals surface area contributed by atoms with E-state index in [-0.39, 0.29) is 4.90 Å². The number of hydrogen-bond donors (Lipinski definition) is 1. The zero-order valence-corrected chi connectivity index (χ0v) is 12.3. The fraction of sp³-hybridized carbons (Fsp3) is 0.385. The first-order valence-electron chi connectivity index (χ1n) is 6.26.